The number of benzene rings is 6. The fourth-order valence-corrected chi connectivity index (χ4v) is 8.06. The number of anilines is 4. The van der Waals surface area contributed by atoms with Crippen LogP contribution in [0.3, 0.4) is 0 Å². The maximum atomic E-state index is 9.67. The first kappa shape index (κ1) is 33.8. The van der Waals surface area contributed by atoms with E-state index in [1.54, 1.807) is 0 Å². The average molecular weight is 687 g/mol. The number of nitrogens with zero attached hydrogens (tertiary/aromatic N) is 4. The van der Waals surface area contributed by atoms with E-state index in [4.69, 9.17) is 0 Å². The van der Waals surface area contributed by atoms with Gasteiger partial charge in [0.2, 0.25) is 0 Å². The van der Waals surface area contributed by atoms with Gasteiger partial charge in [-0.15, -0.1) is 0 Å². The van der Waals surface area contributed by atoms with Crippen molar-refractivity contribution < 1.29 is 0 Å². The predicted octanol–water partition coefficient (Wildman–Crippen LogP) is 13.1. The second kappa shape index (κ2) is 12.7. The molecule has 0 spiro atoms. The zero-order chi connectivity index (χ0) is 37.1. The van der Waals surface area contributed by atoms with Gasteiger partial charge in [-0.1, -0.05) is 95.8 Å². The van der Waals surface area contributed by atoms with Crippen LogP contribution >= 0.6 is 0 Å². The zero-order valence-corrected chi connectivity index (χ0v) is 31.3. The molecule has 0 aromatic heterocycles. The first-order chi connectivity index (χ1) is 25.5. The fraction of sp³-hybridized carbons (Fsp3) is 0.204. The van der Waals surface area contributed by atoms with Gasteiger partial charge in [0.1, 0.15) is 0 Å². The number of hydrogen-bond donors (Lipinski definition) is 0. The quantitative estimate of drug-likeness (QED) is 0.129. The lowest BCUT2D eigenvalue weighted by atomic mass is 9.77. The molecule has 0 aliphatic heterocycles. The van der Waals surface area contributed by atoms with Gasteiger partial charge in [-0.3, -0.25) is 0 Å². The molecule has 6 aromatic carbocycles. The van der Waals surface area contributed by atoms with Crippen molar-refractivity contribution in [3.8, 4) is 12.1 Å². The molecule has 0 saturated carbocycles. The molecule has 0 heterocycles. The van der Waals surface area contributed by atoms with Gasteiger partial charge in [0.05, 0.1) is 34.8 Å². The predicted molar refractivity (Wildman–Crippen MR) is 221 cm³/mol. The minimum absolute atomic E-state index is 0.151. The SMILES string of the molecule is CC(C)(C)c1cc(N(C2=C=CC=C2)C2=CC=C(C#N)CC2)c2ccc3c(C(C)(C)C)cc(N(c4ccccc4)c4ccc(C#N)cc4)c4ccc1c2c43. The summed E-state index contributed by atoms with van der Waals surface area (Å²) in [5.41, 5.74) is 13.6. The molecule has 0 N–H and O–H groups in total. The Bertz CT molecular complexity index is 2670. The molecule has 4 heteroatoms. The summed E-state index contributed by atoms with van der Waals surface area (Å²) < 4.78 is 0. The lowest BCUT2D eigenvalue weighted by Gasteiger charge is -2.34. The van der Waals surface area contributed by atoms with Crippen molar-refractivity contribution in [1.29, 1.82) is 10.5 Å². The molecule has 2 aliphatic rings. The Morgan fingerprint density at radius 1 is 0.604 bits per heavy atom. The Labute approximate surface area is 312 Å². The summed E-state index contributed by atoms with van der Waals surface area (Å²) in [5.74, 6) is 0. The van der Waals surface area contributed by atoms with E-state index < -0.39 is 0 Å². The van der Waals surface area contributed by atoms with Crippen LogP contribution in [0, 0.1) is 22.7 Å². The van der Waals surface area contributed by atoms with Gasteiger partial charge >= 0.3 is 0 Å². The van der Waals surface area contributed by atoms with Gasteiger partial charge < -0.3 is 9.80 Å². The molecule has 0 atom stereocenters. The Morgan fingerprint density at radius 2 is 1.17 bits per heavy atom. The standard InChI is InChI=1S/C49H42N4/c1-48(2,3)42-28-44(52(34-12-8-7-9-13-34)36-20-16-32(30-50)17-21-36)40-26-24-39-43(49(4,5)6)29-45(41-27-25-38(42)46(40)47(39)41)53(35-14-10-11-15-35)37-22-18-33(31-51)19-23-37/h7-14,16-18,20-22,24-29H,19,23H2,1-6H3. The molecular weight excluding hydrogens is 645 g/mol. The summed E-state index contributed by atoms with van der Waals surface area (Å²) in [6.07, 6.45) is 11.7. The van der Waals surface area contributed by atoms with E-state index >= 15 is 0 Å². The third-order valence-corrected chi connectivity index (χ3v) is 10.6. The van der Waals surface area contributed by atoms with Gasteiger partial charge in [0, 0.05) is 33.4 Å². The highest BCUT2D eigenvalue weighted by molar-refractivity contribution is 6.29. The maximum Gasteiger partial charge on any atom is 0.0991 e. The topological polar surface area (TPSA) is 54.1 Å². The van der Waals surface area contributed by atoms with E-state index in [0.717, 1.165) is 46.1 Å². The second-order valence-electron chi connectivity index (χ2n) is 16.1. The molecule has 0 radical (unpaired) electrons. The summed E-state index contributed by atoms with van der Waals surface area (Å²) in [6, 6.07) is 37.2. The summed E-state index contributed by atoms with van der Waals surface area (Å²) in [7, 11) is 0. The van der Waals surface area contributed by atoms with Gasteiger partial charge in [0.25, 0.3) is 0 Å². The number of hydrogen-bond acceptors (Lipinski definition) is 4. The molecule has 0 bridgehead atoms. The monoisotopic (exact) mass is 686 g/mol. The van der Waals surface area contributed by atoms with Crippen LogP contribution in [-0.2, 0) is 10.8 Å². The van der Waals surface area contributed by atoms with Gasteiger partial charge in [-0.2, -0.15) is 10.5 Å². The van der Waals surface area contributed by atoms with Crippen molar-refractivity contribution in [2.45, 2.75) is 65.2 Å². The summed E-state index contributed by atoms with van der Waals surface area (Å²) in [4.78, 5) is 4.70. The van der Waals surface area contributed by atoms with Crippen molar-refractivity contribution in [1.82, 2.24) is 0 Å². The molecule has 0 saturated heterocycles. The lowest BCUT2D eigenvalue weighted by molar-refractivity contribution is 0.595. The molecule has 8 rings (SSSR count). The summed E-state index contributed by atoms with van der Waals surface area (Å²) in [5, 5.41) is 26.7. The van der Waals surface area contributed by atoms with Crippen LogP contribution in [0.2, 0.25) is 0 Å². The van der Waals surface area contributed by atoms with E-state index in [-0.39, 0.29) is 10.8 Å². The molecule has 2 aliphatic carbocycles. The molecule has 6 aromatic rings. The van der Waals surface area contributed by atoms with Crippen LogP contribution in [0.5, 0.6) is 0 Å². The van der Waals surface area contributed by atoms with E-state index in [1.165, 1.54) is 43.4 Å². The molecule has 0 fully saturated rings. The number of nitriles is 2. The minimum atomic E-state index is -0.159. The smallest absolute Gasteiger partial charge is 0.0991 e. The van der Waals surface area contributed by atoms with Gasteiger partial charge in [-0.05, 0) is 129 Å². The second-order valence-corrected chi connectivity index (χ2v) is 16.1. The molecular formula is C49H42N4. The van der Waals surface area contributed by atoms with Crippen molar-refractivity contribution >= 4 is 55.1 Å². The summed E-state index contributed by atoms with van der Waals surface area (Å²) in [6.45, 7) is 13.8. The Balaban J connectivity index is 1.52. The third-order valence-electron chi connectivity index (χ3n) is 10.6. The molecule has 53 heavy (non-hydrogen) atoms. The maximum absolute atomic E-state index is 9.67. The normalized spacial score (nSPS) is 14.3. The first-order valence-electron chi connectivity index (χ1n) is 18.4. The lowest BCUT2D eigenvalue weighted by Crippen LogP contribution is -2.23. The van der Waals surface area contributed by atoms with Crippen LogP contribution in [0.1, 0.15) is 71.1 Å². The highest BCUT2D eigenvalue weighted by Gasteiger charge is 2.30. The number of para-hydroxylation sites is 1. The Kier molecular flexibility index (Phi) is 8.11. The average Bonchev–Trinajstić information content (AvgIpc) is 3.69. The number of allylic oxidation sites excluding steroid dienone is 6. The Morgan fingerprint density at radius 3 is 1.66 bits per heavy atom. The van der Waals surface area contributed by atoms with Gasteiger partial charge in [0.15, 0.2) is 0 Å². The minimum Gasteiger partial charge on any atom is -0.310 e. The van der Waals surface area contributed by atoms with Crippen LogP contribution in [0.15, 0.2) is 144 Å². The third kappa shape index (κ3) is 5.79. The van der Waals surface area contributed by atoms with Crippen molar-refractivity contribution in [3.05, 3.63) is 161 Å². The van der Waals surface area contributed by atoms with E-state index in [9.17, 15) is 10.5 Å². The van der Waals surface area contributed by atoms with E-state index in [2.05, 4.69) is 160 Å². The molecule has 4 nitrogen and oxygen atoms in total. The van der Waals surface area contributed by atoms with Crippen LogP contribution in [-0.4, -0.2) is 0 Å². The van der Waals surface area contributed by atoms with Gasteiger partial charge in [-0.25, -0.2) is 0 Å². The molecule has 0 amide bonds. The molecule has 258 valence electrons. The first-order valence-corrected chi connectivity index (χ1v) is 18.4. The van der Waals surface area contributed by atoms with E-state index in [1.807, 2.05) is 30.4 Å². The highest BCUT2D eigenvalue weighted by atomic mass is 15.2. The fourth-order valence-electron chi connectivity index (χ4n) is 8.06. The van der Waals surface area contributed by atoms with Crippen LogP contribution < -0.4 is 9.80 Å². The van der Waals surface area contributed by atoms with Crippen molar-refractivity contribution in [3.63, 3.8) is 0 Å². The summed E-state index contributed by atoms with van der Waals surface area (Å²) >= 11 is 0. The zero-order valence-electron chi connectivity index (χ0n) is 31.3. The van der Waals surface area contributed by atoms with Crippen molar-refractivity contribution in [2.75, 3.05) is 9.80 Å². The largest absolute Gasteiger partial charge is 0.310 e. The number of rotatable bonds is 6. The van der Waals surface area contributed by atoms with Crippen LogP contribution in [0.25, 0.3) is 32.3 Å². The Hall–Kier alpha value is -6.32. The molecule has 0 unspecified atom stereocenters. The highest BCUT2D eigenvalue weighted by Crippen LogP contribution is 2.51. The van der Waals surface area contributed by atoms with Crippen LogP contribution in [0.4, 0.5) is 22.7 Å². The van der Waals surface area contributed by atoms with Crippen molar-refractivity contribution in [2.24, 2.45) is 0 Å². The van der Waals surface area contributed by atoms with E-state index in [0.29, 0.717) is 12.0 Å².